The minimum Gasteiger partial charge on any atom is -0.465 e. The summed E-state index contributed by atoms with van der Waals surface area (Å²) in [5, 5.41) is 9.70. The van der Waals surface area contributed by atoms with E-state index in [1.807, 2.05) is 55.1 Å². The lowest BCUT2D eigenvalue weighted by atomic mass is 10.1. The number of hydrogen-bond donors (Lipinski definition) is 1. The van der Waals surface area contributed by atoms with Crippen molar-refractivity contribution >= 4 is 23.5 Å². The predicted octanol–water partition coefficient (Wildman–Crippen LogP) is 5.36. The van der Waals surface area contributed by atoms with Crippen molar-refractivity contribution in [3.8, 4) is 11.1 Å². The Hall–Kier alpha value is -1.94. The van der Waals surface area contributed by atoms with E-state index in [0.29, 0.717) is 17.5 Å². The van der Waals surface area contributed by atoms with Crippen LogP contribution >= 0.6 is 11.8 Å². The molecule has 1 N–H and O–H groups in total. The average molecular weight is 315 g/mol. The lowest BCUT2D eigenvalue weighted by Crippen LogP contribution is -2.28. The van der Waals surface area contributed by atoms with Crippen molar-refractivity contribution < 1.29 is 9.90 Å². The van der Waals surface area contributed by atoms with Gasteiger partial charge in [0, 0.05) is 22.4 Å². The second-order valence-corrected chi connectivity index (χ2v) is 6.85. The normalized spacial score (nSPS) is 10.7. The molecule has 0 aromatic heterocycles. The van der Waals surface area contributed by atoms with Gasteiger partial charge in [0.15, 0.2) is 0 Å². The molecule has 0 saturated heterocycles. The van der Waals surface area contributed by atoms with E-state index >= 15 is 0 Å². The molecule has 3 nitrogen and oxygen atoms in total. The van der Waals surface area contributed by atoms with Crippen LogP contribution in [-0.2, 0) is 0 Å². The van der Waals surface area contributed by atoms with Crippen LogP contribution < -0.4 is 4.90 Å². The maximum Gasteiger partial charge on any atom is 0.411 e. The molecule has 0 unspecified atom stereocenters. The first-order valence-corrected chi connectivity index (χ1v) is 8.27. The zero-order chi connectivity index (χ0) is 16.1. The van der Waals surface area contributed by atoms with E-state index in [-0.39, 0.29) is 0 Å². The Kier molecular flexibility index (Phi) is 5.50. The molecule has 2 aromatic carbocycles. The molecule has 0 aliphatic heterocycles. The van der Waals surface area contributed by atoms with Crippen LogP contribution in [0.3, 0.4) is 0 Å². The Morgan fingerprint density at radius 1 is 1.14 bits per heavy atom. The van der Waals surface area contributed by atoms with E-state index < -0.39 is 6.09 Å². The van der Waals surface area contributed by atoms with Gasteiger partial charge in [0.25, 0.3) is 0 Å². The molecule has 0 aliphatic rings. The SMILES string of the molecule is CCN(C(=O)O)c1ccc(-c2ccccc2SC(C)C)cc1. The van der Waals surface area contributed by atoms with E-state index in [2.05, 4.69) is 26.0 Å². The monoisotopic (exact) mass is 315 g/mol. The molecule has 0 fully saturated rings. The highest BCUT2D eigenvalue weighted by molar-refractivity contribution is 8.00. The number of rotatable bonds is 5. The summed E-state index contributed by atoms with van der Waals surface area (Å²) in [6.45, 7) is 6.62. The lowest BCUT2D eigenvalue weighted by Gasteiger charge is -2.18. The fourth-order valence-corrected chi connectivity index (χ4v) is 3.29. The summed E-state index contributed by atoms with van der Waals surface area (Å²) in [6.07, 6.45) is -0.925. The third-order valence-corrected chi connectivity index (χ3v) is 4.37. The molecule has 2 rings (SSSR count). The van der Waals surface area contributed by atoms with E-state index in [1.54, 1.807) is 0 Å². The molecular formula is C18H21NO2S. The zero-order valence-corrected chi connectivity index (χ0v) is 13.9. The molecule has 2 aromatic rings. The first-order chi connectivity index (χ1) is 10.5. The zero-order valence-electron chi connectivity index (χ0n) is 13.1. The minimum atomic E-state index is -0.925. The van der Waals surface area contributed by atoms with Crippen molar-refractivity contribution in [1.29, 1.82) is 0 Å². The molecule has 0 radical (unpaired) electrons. The van der Waals surface area contributed by atoms with E-state index in [0.717, 1.165) is 5.56 Å². The van der Waals surface area contributed by atoms with Gasteiger partial charge in [-0.3, -0.25) is 4.90 Å². The van der Waals surface area contributed by atoms with Crippen LogP contribution in [0.25, 0.3) is 11.1 Å². The molecule has 0 spiro atoms. The number of carboxylic acid groups (broad SMARTS) is 1. The number of carbonyl (C=O) groups is 1. The predicted molar refractivity (Wildman–Crippen MR) is 93.9 cm³/mol. The fraction of sp³-hybridized carbons (Fsp3) is 0.278. The van der Waals surface area contributed by atoms with Crippen LogP contribution in [0.15, 0.2) is 53.4 Å². The number of amides is 1. The van der Waals surface area contributed by atoms with Gasteiger partial charge in [-0.25, -0.2) is 4.79 Å². The van der Waals surface area contributed by atoms with Gasteiger partial charge in [-0.05, 0) is 36.2 Å². The largest absolute Gasteiger partial charge is 0.465 e. The molecule has 116 valence electrons. The highest BCUT2D eigenvalue weighted by Crippen LogP contribution is 2.34. The first kappa shape index (κ1) is 16.4. The summed E-state index contributed by atoms with van der Waals surface area (Å²) in [4.78, 5) is 13.8. The Labute approximate surface area is 136 Å². The number of benzene rings is 2. The molecule has 0 heterocycles. The van der Waals surface area contributed by atoms with Gasteiger partial charge in [-0.1, -0.05) is 44.2 Å². The van der Waals surface area contributed by atoms with Gasteiger partial charge >= 0.3 is 6.09 Å². The Morgan fingerprint density at radius 3 is 2.32 bits per heavy atom. The van der Waals surface area contributed by atoms with Crippen molar-refractivity contribution in [3.63, 3.8) is 0 Å². The number of hydrogen-bond acceptors (Lipinski definition) is 2. The summed E-state index contributed by atoms with van der Waals surface area (Å²) in [5.74, 6) is 0. The Morgan fingerprint density at radius 2 is 1.77 bits per heavy atom. The van der Waals surface area contributed by atoms with E-state index in [1.165, 1.54) is 15.4 Å². The lowest BCUT2D eigenvalue weighted by molar-refractivity contribution is 0.202. The average Bonchev–Trinajstić information content (AvgIpc) is 2.48. The molecule has 0 bridgehead atoms. The maximum atomic E-state index is 11.2. The Bertz CT molecular complexity index is 638. The van der Waals surface area contributed by atoms with Gasteiger partial charge in [-0.15, -0.1) is 11.8 Å². The topological polar surface area (TPSA) is 40.5 Å². The van der Waals surface area contributed by atoms with Crippen molar-refractivity contribution in [3.05, 3.63) is 48.5 Å². The Balaban J connectivity index is 2.33. The van der Waals surface area contributed by atoms with Crippen LogP contribution in [0.2, 0.25) is 0 Å². The smallest absolute Gasteiger partial charge is 0.411 e. The number of thioether (sulfide) groups is 1. The molecule has 1 amide bonds. The third-order valence-electron chi connectivity index (χ3n) is 3.29. The summed E-state index contributed by atoms with van der Waals surface area (Å²) < 4.78 is 0. The second-order valence-electron chi connectivity index (χ2n) is 5.24. The van der Waals surface area contributed by atoms with Crippen molar-refractivity contribution in [2.45, 2.75) is 30.9 Å². The summed E-state index contributed by atoms with van der Waals surface area (Å²) in [5.41, 5.74) is 2.99. The molecule has 0 atom stereocenters. The van der Waals surface area contributed by atoms with E-state index in [4.69, 9.17) is 0 Å². The van der Waals surface area contributed by atoms with Crippen LogP contribution in [-0.4, -0.2) is 23.0 Å². The molecule has 0 aliphatic carbocycles. The highest BCUT2D eigenvalue weighted by Gasteiger charge is 2.12. The molecule has 4 heteroatoms. The number of nitrogens with zero attached hydrogens (tertiary/aromatic N) is 1. The van der Waals surface area contributed by atoms with Crippen molar-refractivity contribution in [1.82, 2.24) is 0 Å². The van der Waals surface area contributed by atoms with Crippen LogP contribution in [0.1, 0.15) is 20.8 Å². The van der Waals surface area contributed by atoms with E-state index in [9.17, 15) is 9.90 Å². The maximum absolute atomic E-state index is 11.2. The van der Waals surface area contributed by atoms with Crippen molar-refractivity contribution in [2.75, 3.05) is 11.4 Å². The summed E-state index contributed by atoms with van der Waals surface area (Å²) in [6, 6.07) is 16.0. The molecule has 0 saturated carbocycles. The van der Waals surface area contributed by atoms with Gasteiger partial charge in [-0.2, -0.15) is 0 Å². The van der Waals surface area contributed by atoms with Gasteiger partial charge in [0.2, 0.25) is 0 Å². The van der Waals surface area contributed by atoms with Gasteiger partial charge in [0.05, 0.1) is 0 Å². The standard InChI is InChI=1S/C18H21NO2S/c1-4-19(18(20)21)15-11-9-14(10-12-15)16-7-5-6-8-17(16)22-13(2)3/h5-13H,4H2,1-3H3,(H,20,21). The summed E-state index contributed by atoms with van der Waals surface area (Å²) >= 11 is 1.84. The fourth-order valence-electron chi connectivity index (χ4n) is 2.31. The summed E-state index contributed by atoms with van der Waals surface area (Å²) in [7, 11) is 0. The van der Waals surface area contributed by atoms with Gasteiger partial charge < -0.3 is 5.11 Å². The van der Waals surface area contributed by atoms with Crippen LogP contribution in [0.4, 0.5) is 10.5 Å². The van der Waals surface area contributed by atoms with Crippen LogP contribution in [0.5, 0.6) is 0 Å². The third kappa shape index (κ3) is 3.83. The minimum absolute atomic E-state index is 0.439. The molecule has 22 heavy (non-hydrogen) atoms. The second kappa shape index (κ2) is 7.36. The van der Waals surface area contributed by atoms with Crippen molar-refractivity contribution in [2.24, 2.45) is 0 Å². The quantitative estimate of drug-likeness (QED) is 0.755. The highest BCUT2D eigenvalue weighted by atomic mass is 32.2. The number of anilines is 1. The van der Waals surface area contributed by atoms with Crippen LogP contribution in [0, 0.1) is 0 Å². The van der Waals surface area contributed by atoms with Gasteiger partial charge in [0.1, 0.15) is 0 Å². The molecular weight excluding hydrogens is 294 g/mol. The first-order valence-electron chi connectivity index (χ1n) is 7.39.